The van der Waals surface area contributed by atoms with Gasteiger partial charge in [-0.1, -0.05) is 6.07 Å². The Labute approximate surface area is 116 Å². The normalized spacial score (nSPS) is 10.8. The number of carboxylic acid groups (broad SMARTS) is 1. The highest BCUT2D eigenvalue weighted by Crippen LogP contribution is 2.13. The molecule has 0 aliphatic heterocycles. The van der Waals surface area contributed by atoms with Crippen molar-refractivity contribution in [1.82, 2.24) is 0 Å². The average molecular weight is 281 g/mol. The third-order valence-electron chi connectivity index (χ3n) is 2.21. The fourth-order valence-electron chi connectivity index (χ4n) is 1.44. The van der Waals surface area contributed by atoms with Gasteiger partial charge in [-0.15, -0.1) is 0 Å². The minimum atomic E-state index is -1.84. The molecule has 1 amide bonds. The van der Waals surface area contributed by atoms with Gasteiger partial charge in [0.25, 0.3) is 0 Å². The first-order valence-electron chi connectivity index (χ1n) is 5.83. The van der Waals surface area contributed by atoms with Gasteiger partial charge in [-0.3, -0.25) is 5.32 Å². The highest BCUT2D eigenvalue weighted by molar-refractivity contribution is 6.60. The van der Waals surface area contributed by atoms with Crippen LogP contribution in [0, 0.1) is 0 Å². The Morgan fingerprint density at radius 3 is 2.30 bits per heavy atom. The van der Waals surface area contributed by atoms with Crippen LogP contribution in [0.5, 0.6) is 0 Å². The smallest absolute Gasteiger partial charge is 0.478 e. The van der Waals surface area contributed by atoms with Crippen LogP contribution >= 0.6 is 0 Å². The topological polar surface area (TPSA) is 116 Å². The summed E-state index contributed by atoms with van der Waals surface area (Å²) in [5.41, 5.74) is -0.887. The van der Waals surface area contributed by atoms with Crippen molar-refractivity contribution in [2.24, 2.45) is 0 Å². The van der Waals surface area contributed by atoms with Crippen LogP contribution in [-0.2, 0) is 4.74 Å². The summed E-state index contributed by atoms with van der Waals surface area (Å²) in [6.07, 6.45) is -0.818. The number of ether oxygens (including phenoxy) is 1. The lowest BCUT2D eigenvalue weighted by Gasteiger charge is -2.20. The Morgan fingerprint density at radius 1 is 1.25 bits per heavy atom. The van der Waals surface area contributed by atoms with Crippen LogP contribution in [0.15, 0.2) is 18.2 Å². The number of carbonyl (C=O) groups excluding carboxylic acids is 1. The molecule has 20 heavy (non-hydrogen) atoms. The molecule has 4 N–H and O–H groups in total. The van der Waals surface area contributed by atoms with Gasteiger partial charge in [-0.05, 0) is 32.9 Å². The number of benzene rings is 1. The van der Waals surface area contributed by atoms with Crippen molar-refractivity contribution in [3.63, 3.8) is 0 Å². The molecule has 7 nitrogen and oxygen atoms in total. The van der Waals surface area contributed by atoms with E-state index < -0.39 is 24.8 Å². The summed E-state index contributed by atoms with van der Waals surface area (Å²) >= 11 is 0. The third kappa shape index (κ3) is 4.56. The molecule has 1 aromatic carbocycles. The van der Waals surface area contributed by atoms with Crippen molar-refractivity contribution in [2.75, 3.05) is 5.32 Å². The van der Waals surface area contributed by atoms with E-state index in [-0.39, 0.29) is 16.7 Å². The van der Waals surface area contributed by atoms with Crippen molar-refractivity contribution < 1.29 is 29.5 Å². The molecule has 0 unspecified atom stereocenters. The van der Waals surface area contributed by atoms with E-state index in [1.54, 1.807) is 20.8 Å². The van der Waals surface area contributed by atoms with Gasteiger partial charge < -0.3 is 19.9 Å². The summed E-state index contributed by atoms with van der Waals surface area (Å²) in [4.78, 5) is 22.5. The van der Waals surface area contributed by atoms with Crippen molar-refractivity contribution in [3.8, 4) is 0 Å². The molecule has 0 saturated carbocycles. The number of hydrogen-bond acceptors (Lipinski definition) is 5. The molecule has 0 aliphatic rings. The van der Waals surface area contributed by atoms with Crippen molar-refractivity contribution in [2.45, 2.75) is 26.4 Å². The van der Waals surface area contributed by atoms with Gasteiger partial charge in [0.2, 0.25) is 0 Å². The van der Waals surface area contributed by atoms with Gasteiger partial charge in [0.1, 0.15) is 5.60 Å². The van der Waals surface area contributed by atoms with E-state index >= 15 is 0 Å². The maximum Gasteiger partial charge on any atom is 0.490 e. The van der Waals surface area contributed by atoms with E-state index in [4.69, 9.17) is 9.84 Å². The molecule has 0 atom stereocenters. The summed E-state index contributed by atoms with van der Waals surface area (Å²) < 4.78 is 5.02. The lowest BCUT2D eigenvalue weighted by Crippen LogP contribution is -2.35. The van der Waals surface area contributed by atoms with Gasteiger partial charge in [-0.25, -0.2) is 9.59 Å². The number of anilines is 1. The van der Waals surface area contributed by atoms with E-state index in [2.05, 4.69) is 5.32 Å². The zero-order valence-corrected chi connectivity index (χ0v) is 11.4. The van der Waals surface area contributed by atoms with Crippen LogP contribution in [0.3, 0.4) is 0 Å². The quantitative estimate of drug-likeness (QED) is 0.596. The molecule has 1 rings (SSSR count). The first-order valence-corrected chi connectivity index (χ1v) is 5.83. The third-order valence-corrected chi connectivity index (χ3v) is 2.21. The number of carbonyl (C=O) groups is 2. The first kappa shape index (κ1) is 16.0. The van der Waals surface area contributed by atoms with Gasteiger partial charge >= 0.3 is 19.2 Å². The molecule has 0 spiro atoms. The Bertz CT molecular complexity index is 523. The van der Waals surface area contributed by atoms with Gasteiger partial charge in [0.05, 0.1) is 5.56 Å². The van der Waals surface area contributed by atoms with Gasteiger partial charge in [-0.2, -0.15) is 0 Å². The van der Waals surface area contributed by atoms with Crippen LogP contribution in [0.4, 0.5) is 10.5 Å². The fourth-order valence-corrected chi connectivity index (χ4v) is 1.44. The molecule has 0 bridgehead atoms. The van der Waals surface area contributed by atoms with E-state index in [0.717, 1.165) is 6.07 Å². The van der Waals surface area contributed by atoms with Crippen molar-refractivity contribution >= 4 is 30.3 Å². The summed E-state index contributed by atoms with van der Waals surface area (Å²) in [6, 6.07) is 3.54. The molecule has 0 heterocycles. The maximum atomic E-state index is 11.6. The molecule has 0 aliphatic carbocycles. The predicted molar refractivity (Wildman–Crippen MR) is 73.1 cm³/mol. The Hall–Kier alpha value is -2.06. The van der Waals surface area contributed by atoms with Crippen LogP contribution in [-0.4, -0.2) is 39.9 Å². The predicted octanol–water partition coefficient (Wildman–Crippen LogP) is 0.412. The Morgan fingerprint density at radius 2 is 1.85 bits per heavy atom. The molecule has 8 heteroatoms. The monoisotopic (exact) mass is 281 g/mol. The fraction of sp³-hybridized carbons (Fsp3) is 0.333. The highest BCUT2D eigenvalue weighted by Gasteiger charge is 2.22. The number of carboxylic acids is 1. The number of rotatable bonds is 3. The number of hydrogen-bond donors (Lipinski definition) is 4. The molecule has 0 fully saturated rings. The van der Waals surface area contributed by atoms with Crippen molar-refractivity contribution in [1.29, 1.82) is 0 Å². The standard InChI is InChI=1S/C12H16BNO6/c1-12(2,3)20-11(17)14-9-6-7(10(15)16)4-5-8(9)13(18)19/h4-6,18-19H,1-3H3,(H,14,17)(H,15,16). The minimum absolute atomic E-state index is 0.0270. The van der Waals surface area contributed by atoms with E-state index in [9.17, 15) is 19.6 Å². The zero-order chi connectivity index (χ0) is 15.5. The first-order chi connectivity index (χ1) is 9.10. The number of amides is 1. The summed E-state index contributed by atoms with van der Waals surface area (Å²) in [5, 5.41) is 29.6. The van der Waals surface area contributed by atoms with Gasteiger partial charge in [0, 0.05) is 11.2 Å². The molecular formula is C12H16BNO6. The Balaban J connectivity index is 3.04. The van der Waals surface area contributed by atoms with E-state index in [1.165, 1.54) is 12.1 Å². The molecule has 0 saturated heterocycles. The average Bonchev–Trinajstić information content (AvgIpc) is 2.25. The molecule has 1 aromatic rings. The maximum absolute atomic E-state index is 11.6. The zero-order valence-electron chi connectivity index (χ0n) is 11.4. The van der Waals surface area contributed by atoms with Crippen LogP contribution in [0.1, 0.15) is 31.1 Å². The highest BCUT2D eigenvalue weighted by atomic mass is 16.6. The summed E-state index contributed by atoms with van der Waals surface area (Å²) in [6.45, 7) is 5.01. The second kappa shape index (κ2) is 5.93. The van der Waals surface area contributed by atoms with E-state index in [0.29, 0.717) is 0 Å². The van der Waals surface area contributed by atoms with Crippen molar-refractivity contribution in [3.05, 3.63) is 23.8 Å². The lowest BCUT2D eigenvalue weighted by atomic mass is 9.78. The van der Waals surface area contributed by atoms with Crippen LogP contribution in [0.25, 0.3) is 0 Å². The summed E-state index contributed by atoms with van der Waals surface area (Å²) in [5.74, 6) is -1.20. The molecule has 0 radical (unpaired) electrons. The number of nitrogens with one attached hydrogen (secondary N) is 1. The lowest BCUT2D eigenvalue weighted by molar-refractivity contribution is 0.0633. The largest absolute Gasteiger partial charge is 0.490 e. The second-order valence-electron chi connectivity index (χ2n) is 5.11. The molecular weight excluding hydrogens is 265 g/mol. The number of aromatic carboxylic acids is 1. The van der Waals surface area contributed by atoms with E-state index in [1.807, 2.05) is 0 Å². The molecule has 108 valence electrons. The second-order valence-corrected chi connectivity index (χ2v) is 5.11. The van der Waals surface area contributed by atoms with Gasteiger partial charge in [0.15, 0.2) is 0 Å². The Kier molecular flexibility index (Phi) is 4.75. The molecule has 0 aromatic heterocycles. The minimum Gasteiger partial charge on any atom is -0.478 e. The SMILES string of the molecule is CC(C)(C)OC(=O)Nc1cc(C(=O)O)ccc1B(O)O. The van der Waals surface area contributed by atoms with Crippen LogP contribution in [0.2, 0.25) is 0 Å². The van der Waals surface area contributed by atoms with Crippen LogP contribution < -0.4 is 10.8 Å². The summed E-state index contributed by atoms with van der Waals surface area (Å²) in [7, 11) is -1.84.